The number of rotatable bonds is 1. The second kappa shape index (κ2) is 3.32. The maximum Gasteiger partial charge on any atom is 0.260 e. The van der Waals surface area contributed by atoms with Gasteiger partial charge in [-0.15, -0.1) is 12.6 Å². The Kier molecular flexibility index (Phi) is 2.24. The molecular weight excluding hydrogens is 232 g/mol. The van der Waals surface area contributed by atoms with Gasteiger partial charge in [0.1, 0.15) is 4.99 Å². The van der Waals surface area contributed by atoms with Crippen LogP contribution in [0.5, 0.6) is 0 Å². The van der Waals surface area contributed by atoms with Crippen molar-refractivity contribution >= 4 is 41.6 Å². The second-order valence-electron chi connectivity index (χ2n) is 3.03. The summed E-state index contributed by atoms with van der Waals surface area (Å²) in [5.74, 6) is -0.877. The Morgan fingerprint density at radius 1 is 1.33 bits per heavy atom. The van der Waals surface area contributed by atoms with E-state index in [1.165, 1.54) is 6.07 Å². The molecule has 0 radical (unpaired) electrons. The second-order valence-corrected chi connectivity index (χ2v) is 3.92. The summed E-state index contributed by atoms with van der Waals surface area (Å²) in [5, 5.41) is 2.18. The van der Waals surface area contributed by atoms with Gasteiger partial charge in [0.25, 0.3) is 11.8 Å². The number of hydrogen-bond donors (Lipinski definition) is 3. The Balaban J connectivity index is 2.74. The number of carbonyl (C=O) groups is 2. The van der Waals surface area contributed by atoms with E-state index in [4.69, 9.17) is 18.0 Å². The molecule has 0 aromatic heterocycles. The van der Waals surface area contributed by atoms with E-state index in [1.54, 1.807) is 6.07 Å². The van der Waals surface area contributed by atoms with Crippen LogP contribution in [0, 0.1) is 0 Å². The van der Waals surface area contributed by atoms with Crippen LogP contribution in [0.1, 0.15) is 26.3 Å². The predicted octanol–water partition coefficient (Wildman–Crippen LogP) is 0.493. The van der Waals surface area contributed by atoms with Crippen molar-refractivity contribution in [2.45, 2.75) is 4.90 Å². The predicted molar refractivity (Wildman–Crippen MR) is 61.4 cm³/mol. The summed E-state index contributed by atoms with van der Waals surface area (Å²) in [4.78, 5) is 23.2. The molecule has 0 unspecified atom stereocenters. The molecule has 1 aromatic carbocycles. The molecule has 0 saturated heterocycles. The third-order valence-electron chi connectivity index (χ3n) is 2.14. The highest BCUT2D eigenvalue weighted by molar-refractivity contribution is 7.82. The number of thiocarbonyl (C=S) groups is 1. The maximum absolute atomic E-state index is 11.4. The Hall–Kier alpha value is -1.40. The van der Waals surface area contributed by atoms with E-state index in [9.17, 15) is 9.59 Å². The Labute approximate surface area is 96.2 Å². The van der Waals surface area contributed by atoms with Crippen LogP contribution >= 0.6 is 24.8 Å². The van der Waals surface area contributed by atoms with Gasteiger partial charge in [-0.25, -0.2) is 0 Å². The van der Waals surface area contributed by atoms with Crippen LogP contribution < -0.4 is 11.1 Å². The van der Waals surface area contributed by atoms with Crippen LogP contribution in [0.15, 0.2) is 17.0 Å². The lowest BCUT2D eigenvalue weighted by atomic mass is 10.1. The fourth-order valence-corrected chi connectivity index (χ4v) is 2.10. The number of amides is 2. The number of nitrogens with two attached hydrogens (primary N) is 1. The van der Waals surface area contributed by atoms with Crippen LogP contribution in [-0.2, 0) is 0 Å². The van der Waals surface area contributed by atoms with Crippen LogP contribution in [0.25, 0.3) is 0 Å². The number of fused-ring (bicyclic) bond motifs is 1. The summed E-state index contributed by atoms with van der Waals surface area (Å²) in [5.41, 5.74) is 6.51. The van der Waals surface area contributed by atoms with Gasteiger partial charge in [-0.1, -0.05) is 18.3 Å². The van der Waals surface area contributed by atoms with Crippen molar-refractivity contribution in [3.8, 4) is 0 Å². The van der Waals surface area contributed by atoms with Crippen LogP contribution in [0.3, 0.4) is 0 Å². The van der Waals surface area contributed by atoms with E-state index in [2.05, 4.69) is 17.9 Å². The molecule has 15 heavy (non-hydrogen) atoms. The van der Waals surface area contributed by atoms with E-state index in [-0.39, 0.29) is 10.6 Å². The lowest BCUT2D eigenvalue weighted by Crippen LogP contribution is -2.20. The molecule has 0 atom stereocenters. The van der Waals surface area contributed by atoms with Gasteiger partial charge in [0, 0.05) is 10.5 Å². The first kappa shape index (κ1) is 10.1. The molecule has 6 heteroatoms. The molecule has 0 saturated carbocycles. The molecule has 0 spiro atoms. The van der Waals surface area contributed by atoms with Crippen molar-refractivity contribution in [3.05, 3.63) is 28.8 Å². The van der Waals surface area contributed by atoms with Gasteiger partial charge in [-0.05, 0) is 6.07 Å². The molecule has 0 fully saturated rings. The van der Waals surface area contributed by atoms with Gasteiger partial charge < -0.3 is 5.73 Å². The molecule has 0 aliphatic carbocycles. The van der Waals surface area contributed by atoms with Crippen LogP contribution in [0.2, 0.25) is 0 Å². The van der Waals surface area contributed by atoms with E-state index in [1.807, 2.05) is 0 Å². The third-order valence-corrected chi connectivity index (χ3v) is 2.83. The van der Waals surface area contributed by atoms with Crippen molar-refractivity contribution in [2.75, 3.05) is 0 Å². The number of nitrogens with one attached hydrogen (secondary N) is 1. The van der Waals surface area contributed by atoms with Crippen molar-refractivity contribution < 1.29 is 9.59 Å². The SMILES string of the molecule is NC(=S)c1ccc2c(c1S)C(=O)NC2=O. The van der Waals surface area contributed by atoms with Crippen molar-refractivity contribution in [2.24, 2.45) is 5.73 Å². The topological polar surface area (TPSA) is 72.2 Å². The largest absolute Gasteiger partial charge is 0.389 e. The van der Waals surface area contributed by atoms with E-state index in [0.29, 0.717) is 16.0 Å². The zero-order valence-electron chi connectivity index (χ0n) is 7.40. The quantitative estimate of drug-likeness (QED) is 0.378. The highest BCUT2D eigenvalue weighted by atomic mass is 32.1. The zero-order valence-corrected chi connectivity index (χ0v) is 9.11. The number of thiol groups is 1. The van der Waals surface area contributed by atoms with Crippen molar-refractivity contribution in [1.82, 2.24) is 5.32 Å². The molecule has 1 heterocycles. The summed E-state index contributed by atoms with van der Waals surface area (Å²) in [6.45, 7) is 0. The lowest BCUT2D eigenvalue weighted by Gasteiger charge is -2.05. The number of benzene rings is 1. The summed E-state index contributed by atoms with van der Waals surface area (Å²) in [6.07, 6.45) is 0. The number of carbonyl (C=O) groups excluding carboxylic acids is 2. The molecule has 4 nitrogen and oxygen atoms in total. The molecule has 1 aliphatic rings. The Morgan fingerprint density at radius 3 is 2.60 bits per heavy atom. The van der Waals surface area contributed by atoms with Crippen LogP contribution in [-0.4, -0.2) is 16.8 Å². The lowest BCUT2D eigenvalue weighted by molar-refractivity contribution is 0.0879. The minimum Gasteiger partial charge on any atom is -0.389 e. The summed E-state index contributed by atoms with van der Waals surface area (Å²) < 4.78 is 0. The number of imide groups is 1. The van der Waals surface area contributed by atoms with E-state index >= 15 is 0 Å². The summed E-state index contributed by atoms with van der Waals surface area (Å²) >= 11 is 8.96. The van der Waals surface area contributed by atoms with Gasteiger partial charge >= 0.3 is 0 Å². The van der Waals surface area contributed by atoms with E-state index < -0.39 is 11.8 Å². The number of hydrogen-bond acceptors (Lipinski definition) is 4. The minimum absolute atomic E-state index is 0.148. The fraction of sp³-hybridized carbons (Fsp3) is 0. The molecule has 1 aromatic rings. The first-order valence-electron chi connectivity index (χ1n) is 4.04. The average Bonchev–Trinajstić information content (AvgIpc) is 2.43. The van der Waals surface area contributed by atoms with Gasteiger partial charge in [0.2, 0.25) is 0 Å². The van der Waals surface area contributed by atoms with Crippen LogP contribution in [0.4, 0.5) is 0 Å². The maximum atomic E-state index is 11.4. The van der Waals surface area contributed by atoms with E-state index in [0.717, 1.165) is 0 Å². The van der Waals surface area contributed by atoms with Gasteiger partial charge in [-0.2, -0.15) is 0 Å². The standard InChI is InChI=1S/C9H6N2O2S2/c10-7(15)4-2-1-3-5(6(4)14)9(13)11-8(3)12/h1-2,14H,(H2,10,15)(H,11,12,13). The first-order valence-corrected chi connectivity index (χ1v) is 4.89. The molecule has 0 bridgehead atoms. The summed E-state index contributed by atoms with van der Waals surface area (Å²) in [7, 11) is 0. The molecule has 2 rings (SSSR count). The normalized spacial score (nSPS) is 13.7. The molecule has 3 N–H and O–H groups in total. The highest BCUT2D eigenvalue weighted by Gasteiger charge is 2.30. The smallest absolute Gasteiger partial charge is 0.260 e. The minimum atomic E-state index is -0.460. The first-order chi connectivity index (χ1) is 7.02. The van der Waals surface area contributed by atoms with Gasteiger partial charge in [0.05, 0.1) is 11.1 Å². The summed E-state index contributed by atoms with van der Waals surface area (Å²) in [6, 6.07) is 3.10. The average molecular weight is 238 g/mol. The van der Waals surface area contributed by atoms with Crippen molar-refractivity contribution in [1.29, 1.82) is 0 Å². The Morgan fingerprint density at radius 2 is 2.00 bits per heavy atom. The molecule has 1 aliphatic heterocycles. The monoisotopic (exact) mass is 238 g/mol. The van der Waals surface area contributed by atoms with Crippen molar-refractivity contribution in [3.63, 3.8) is 0 Å². The molecule has 76 valence electrons. The van der Waals surface area contributed by atoms with Gasteiger partial charge in [0.15, 0.2) is 0 Å². The Bertz CT molecular complexity index is 511. The highest BCUT2D eigenvalue weighted by Crippen LogP contribution is 2.26. The molecule has 2 amide bonds. The zero-order chi connectivity index (χ0) is 11.2. The van der Waals surface area contributed by atoms with Gasteiger partial charge in [-0.3, -0.25) is 14.9 Å². The third kappa shape index (κ3) is 1.42. The fourth-order valence-electron chi connectivity index (χ4n) is 1.44. The molecular formula is C9H6N2O2S2.